The summed E-state index contributed by atoms with van der Waals surface area (Å²) in [5.74, 6) is -0.887. The molecule has 0 heterocycles. The summed E-state index contributed by atoms with van der Waals surface area (Å²) in [5, 5.41) is 2.92. The lowest BCUT2D eigenvalue weighted by atomic mass is 10.1. The molecule has 0 aromatic heterocycles. The predicted octanol–water partition coefficient (Wildman–Crippen LogP) is 4.19. The first-order valence-electron chi connectivity index (χ1n) is 5.81. The van der Waals surface area contributed by atoms with E-state index in [1.165, 1.54) is 6.07 Å². The van der Waals surface area contributed by atoms with Gasteiger partial charge >= 0.3 is 0 Å². The first kappa shape index (κ1) is 12.6. The van der Waals surface area contributed by atoms with Gasteiger partial charge in [0.25, 0.3) is 0 Å². The van der Waals surface area contributed by atoms with Crippen molar-refractivity contribution in [2.45, 2.75) is 20.4 Å². The Balaban J connectivity index is 2.16. The van der Waals surface area contributed by atoms with Gasteiger partial charge in [0.1, 0.15) is 11.6 Å². The van der Waals surface area contributed by atoms with Gasteiger partial charge in [-0.1, -0.05) is 23.8 Å². The monoisotopic (exact) mass is 247 g/mol. The van der Waals surface area contributed by atoms with Crippen molar-refractivity contribution in [3.05, 3.63) is 64.7 Å². The number of hydrogen-bond acceptors (Lipinski definition) is 1. The second kappa shape index (κ2) is 5.17. The zero-order valence-electron chi connectivity index (χ0n) is 10.4. The van der Waals surface area contributed by atoms with Crippen molar-refractivity contribution < 1.29 is 8.78 Å². The summed E-state index contributed by atoms with van der Waals surface area (Å²) in [6.07, 6.45) is 0. The maximum absolute atomic E-state index is 13.4. The van der Waals surface area contributed by atoms with Gasteiger partial charge in [0.2, 0.25) is 0 Å². The van der Waals surface area contributed by atoms with Gasteiger partial charge in [0.15, 0.2) is 0 Å². The molecule has 0 unspecified atom stereocenters. The standard InChI is InChI=1S/C15H15F2N/c1-10-3-4-11(2)12(7-10)9-18-15-8-13(16)5-6-14(15)17/h3-8,18H,9H2,1-2H3. The van der Waals surface area contributed by atoms with Gasteiger partial charge in [-0.2, -0.15) is 0 Å². The summed E-state index contributed by atoms with van der Waals surface area (Å²) in [6, 6.07) is 9.50. The van der Waals surface area contributed by atoms with E-state index in [1.807, 2.05) is 32.0 Å². The SMILES string of the molecule is Cc1ccc(C)c(CNc2cc(F)ccc2F)c1. The van der Waals surface area contributed by atoms with E-state index in [4.69, 9.17) is 0 Å². The molecule has 0 saturated carbocycles. The fraction of sp³-hybridized carbons (Fsp3) is 0.200. The lowest BCUT2D eigenvalue weighted by molar-refractivity contribution is 0.602. The van der Waals surface area contributed by atoms with Gasteiger partial charge in [-0.25, -0.2) is 8.78 Å². The molecule has 0 saturated heterocycles. The van der Waals surface area contributed by atoms with Crippen molar-refractivity contribution in [2.75, 3.05) is 5.32 Å². The fourth-order valence-electron chi connectivity index (χ4n) is 1.81. The van der Waals surface area contributed by atoms with Crippen LogP contribution in [0.1, 0.15) is 16.7 Å². The topological polar surface area (TPSA) is 12.0 Å². The van der Waals surface area contributed by atoms with Gasteiger partial charge in [-0.15, -0.1) is 0 Å². The third-order valence-electron chi connectivity index (χ3n) is 2.90. The Morgan fingerprint density at radius 2 is 1.78 bits per heavy atom. The highest BCUT2D eigenvalue weighted by atomic mass is 19.1. The molecular weight excluding hydrogens is 232 g/mol. The Morgan fingerprint density at radius 1 is 1.00 bits per heavy atom. The van der Waals surface area contributed by atoms with Crippen molar-refractivity contribution in [1.82, 2.24) is 0 Å². The van der Waals surface area contributed by atoms with E-state index in [2.05, 4.69) is 5.32 Å². The molecule has 0 bridgehead atoms. The second-order valence-electron chi connectivity index (χ2n) is 4.41. The molecule has 0 atom stereocenters. The zero-order valence-corrected chi connectivity index (χ0v) is 10.4. The number of nitrogens with one attached hydrogen (secondary N) is 1. The van der Waals surface area contributed by atoms with Crippen LogP contribution in [0.25, 0.3) is 0 Å². The van der Waals surface area contributed by atoms with Crippen molar-refractivity contribution in [3.8, 4) is 0 Å². The summed E-state index contributed by atoms with van der Waals surface area (Å²) >= 11 is 0. The molecule has 18 heavy (non-hydrogen) atoms. The first-order valence-corrected chi connectivity index (χ1v) is 5.81. The van der Waals surface area contributed by atoms with Gasteiger partial charge < -0.3 is 5.32 Å². The van der Waals surface area contributed by atoms with Crippen molar-refractivity contribution in [1.29, 1.82) is 0 Å². The van der Waals surface area contributed by atoms with E-state index in [9.17, 15) is 8.78 Å². The Kier molecular flexibility index (Phi) is 3.60. The van der Waals surface area contributed by atoms with E-state index in [0.29, 0.717) is 6.54 Å². The Labute approximate surface area is 105 Å². The van der Waals surface area contributed by atoms with Crippen LogP contribution in [0.2, 0.25) is 0 Å². The highest BCUT2D eigenvalue weighted by Crippen LogP contribution is 2.18. The molecule has 0 fully saturated rings. The smallest absolute Gasteiger partial charge is 0.146 e. The Morgan fingerprint density at radius 3 is 2.56 bits per heavy atom. The first-order chi connectivity index (χ1) is 8.56. The maximum atomic E-state index is 13.4. The second-order valence-corrected chi connectivity index (χ2v) is 4.41. The lowest BCUT2D eigenvalue weighted by Gasteiger charge is -2.10. The molecule has 0 spiro atoms. The van der Waals surface area contributed by atoms with Crippen molar-refractivity contribution in [3.63, 3.8) is 0 Å². The quantitative estimate of drug-likeness (QED) is 0.857. The number of rotatable bonds is 3. The molecule has 2 aromatic rings. The molecule has 0 aliphatic heterocycles. The molecule has 0 aliphatic rings. The highest BCUT2D eigenvalue weighted by molar-refractivity contribution is 5.46. The third-order valence-corrected chi connectivity index (χ3v) is 2.90. The number of anilines is 1. The fourth-order valence-corrected chi connectivity index (χ4v) is 1.81. The molecule has 1 N–H and O–H groups in total. The summed E-state index contributed by atoms with van der Waals surface area (Å²) in [7, 11) is 0. The zero-order chi connectivity index (χ0) is 13.1. The van der Waals surface area contributed by atoms with Crippen LogP contribution in [0.3, 0.4) is 0 Å². The number of benzene rings is 2. The maximum Gasteiger partial charge on any atom is 0.146 e. The minimum atomic E-state index is -0.445. The van der Waals surface area contributed by atoms with Crippen LogP contribution in [0.4, 0.5) is 14.5 Å². The van der Waals surface area contributed by atoms with Crippen LogP contribution < -0.4 is 5.32 Å². The summed E-state index contributed by atoms with van der Waals surface area (Å²) in [5.41, 5.74) is 3.55. The lowest BCUT2D eigenvalue weighted by Crippen LogP contribution is -2.03. The summed E-state index contributed by atoms with van der Waals surface area (Å²) in [6.45, 7) is 4.48. The predicted molar refractivity (Wildman–Crippen MR) is 69.6 cm³/mol. The average molecular weight is 247 g/mol. The van der Waals surface area contributed by atoms with Crippen molar-refractivity contribution in [2.24, 2.45) is 0 Å². The summed E-state index contributed by atoms with van der Waals surface area (Å²) < 4.78 is 26.4. The van der Waals surface area contributed by atoms with E-state index in [-0.39, 0.29) is 5.69 Å². The molecule has 94 valence electrons. The van der Waals surface area contributed by atoms with Crippen molar-refractivity contribution >= 4 is 5.69 Å². The normalized spacial score (nSPS) is 10.4. The van der Waals surface area contributed by atoms with E-state index in [1.54, 1.807) is 0 Å². The average Bonchev–Trinajstić information content (AvgIpc) is 2.34. The van der Waals surface area contributed by atoms with Crippen LogP contribution in [-0.4, -0.2) is 0 Å². The highest BCUT2D eigenvalue weighted by Gasteiger charge is 2.04. The molecule has 2 aromatic carbocycles. The van der Waals surface area contributed by atoms with Crippen LogP contribution in [0, 0.1) is 25.5 Å². The van der Waals surface area contributed by atoms with Gasteiger partial charge in [-0.3, -0.25) is 0 Å². The molecule has 3 heteroatoms. The molecule has 2 rings (SSSR count). The summed E-state index contributed by atoms with van der Waals surface area (Å²) in [4.78, 5) is 0. The molecule has 0 radical (unpaired) electrons. The van der Waals surface area contributed by atoms with Crippen LogP contribution in [0.5, 0.6) is 0 Å². The third kappa shape index (κ3) is 2.86. The minimum absolute atomic E-state index is 0.191. The molecular formula is C15H15F2N. The molecule has 0 aliphatic carbocycles. The van der Waals surface area contributed by atoms with Crippen LogP contribution in [-0.2, 0) is 6.54 Å². The van der Waals surface area contributed by atoms with Gasteiger partial charge in [-0.05, 0) is 43.2 Å². The minimum Gasteiger partial charge on any atom is -0.379 e. The van der Waals surface area contributed by atoms with Gasteiger partial charge in [0.05, 0.1) is 5.69 Å². The van der Waals surface area contributed by atoms with Gasteiger partial charge in [0, 0.05) is 6.54 Å². The van der Waals surface area contributed by atoms with E-state index in [0.717, 1.165) is 28.8 Å². The number of halogens is 2. The van der Waals surface area contributed by atoms with E-state index >= 15 is 0 Å². The Hall–Kier alpha value is -1.90. The van der Waals surface area contributed by atoms with E-state index < -0.39 is 11.6 Å². The number of aryl methyl sites for hydroxylation is 2. The molecule has 0 amide bonds. The largest absolute Gasteiger partial charge is 0.379 e. The molecule has 1 nitrogen and oxygen atoms in total. The Bertz CT molecular complexity index is 513. The van der Waals surface area contributed by atoms with Crippen LogP contribution >= 0.6 is 0 Å². The van der Waals surface area contributed by atoms with Crippen LogP contribution in [0.15, 0.2) is 36.4 Å². The number of hydrogen-bond donors (Lipinski definition) is 1.